The zero-order valence-corrected chi connectivity index (χ0v) is 16.2. The molecule has 2 saturated heterocycles. The molecule has 0 aromatic carbocycles. The number of rotatable bonds is 8. The fourth-order valence-corrected chi connectivity index (χ4v) is 5.25. The molecule has 4 aliphatic rings. The maximum atomic E-state index is 6.02. The lowest BCUT2D eigenvalue weighted by Crippen LogP contribution is -2.72. The van der Waals surface area contributed by atoms with E-state index in [1.165, 1.54) is 25.7 Å². The summed E-state index contributed by atoms with van der Waals surface area (Å²) in [6.45, 7) is 8.14. The van der Waals surface area contributed by atoms with Crippen LogP contribution < -0.4 is 10.6 Å². The number of aliphatic imine (C=N–C) groups is 1. The molecular formula is C20H35N3O3. The van der Waals surface area contributed by atoms with Crippen molar-refractivity contribution in [1.29, 1.82) is 0 Å². The fourth-order valence-electron chi connectivity index (χ4n) is 5.25. The smallest absolute Gasteiger partial charge is 0.191 e. The van der Waals surface area contributed by atoms with Gasteiger partial charge in [0.15, 0.2) is 5.96 Å². The average Bonchev–Trinajstić information content (AvgIpc) is 3.25. The third kappa shape index (κ3) is 3.60. The summed E-state index contributed by atoms with van der Waals surface area (Å²) in [5.41, 5.74) is 0.393. The van der Waals surface area contributed by atoms with Crippen molar-refractivity contribution >= 4 is 5.96 Å². The van der Waals surface area contributed by atoms with E-state index in [0.717, 1.165) is 64.9 Å². The van der Waals surface area contributed by atoms with E-state index in [1.54, 1.807) is 0 Å². The predicted molar refractivity (Wildman–Crippen MR) is 101 cm³/mol. The van der Waals surface area contributed by atoms with Crippen molar-refractivity contribution in [2.45, 2.75) is 57.6 Å². The Labute approximate surface area is 157 Å². The van der Waals surface area contributed by atoms with Crippen molar-refractivity contribution in [2.24, 2.45) is 22.2 Å². The molecule has 0 amide bonds. The molecule has 2 saturated carbocycles. The molecule has 6 nitrogen and oxygen atoms in total. The minimum Gasteiger partial charge on any atom is -0.381 e. The van der Waals surface area contributed by atoms with Gasteiger partial charge >= 0.3 is 0 Å². The quantitative estimate of drug-likeness (QED) is 0.391. The Hall–Kier alpha value is -0.850. The largest absolute Gasteiger partial charge is 0.381 e. The number of hydrogen-bond acceptors (Lipinski definition) is 4. The Kier molecular flexibility index (Phi) is 6.01. The molecule has 0 radical (unpaired) electrons. The summed E-state index contributed by atoms with van der Waals surface area (Å²) in [6, 6.07) is 0.542. The lowest BCUT2D eigenvalue weighted by Gasteiger charge is -2.63. The molecule has 0 bridgehead atoms. The van der Waals surface area contributed by atoms with E-state index >= 15 is 0 Å². The van der Waals surface area contributed by atoms with Crippen molar-refractivity contribution in [2.75, 3.05) is 46.1 Å². The van der Waals surface area contributed by atoms with Crippen LogP contribution >= 0.6 is 0 Å². The van der Waals surface area contributed by atoms with Gasteiger partial charge in [-0.2, -0.15) is 0 Å². The number of ether oxygens (including phenoxy) is 3. The van der Waals surface area contributed by atoms with Gasteiger partial charge in [-0.15, -0.1) is 0 Å². The summed E-state index contributed by atoms with van der Waals surface area (Å²) in [4.78, 5) is 4.79. The predicted octanol–water partition coefficient (Wildman–Crippen LogP) is 1.94. The molecule has 4 unspecified atom stereocenters. The second-order valence-corrected chi connectivity index (χ2v) is 8.37. The van der Waals surface area contributed by atoms with E-state index in [9.17, 15) is 0 Å². The highest BCUT2D eigenvalue weighted by Gasteiger charge is 2.66. The summed E-state index contributed by atoms with van der Waals surface area (Å²) >= 11 is 0. The summed E-state index contributed by atoms with van der Waals surface area (Å²) in [6.07, 6.45) is 7.78. The maximum Gasteiger partial charge on any atom is 0.191 e. The first-order valence-electron chi connectivity index (χ1n) is 10.7. The van der Waals surface area contributed by atoms with Crippen molar-refractivity contribution < 1.29 is 14.2 Å². The van der Waals surface area contributed by atoms with Crippen LogP contribution in [0.4, 0.5) is 0 Å². The third-order valence-electron chi connectivity index (χ3n) is 6.77. The van der Waals surface area contributed by atoms with Gasteiger partial charge in [0, 0.05) is 56.2 Å². The monoisotopic (exact) mass is 365 g/mol. The van der Waals surface area contributed by atoms with E-state index < -0.39 is 0 Å². The van der Waals surface area contributed by atoms with Crippen LogP contribution in [0.5, 0.6) is 0 Å². The van der Waals surface area contributed by atoms with E-state index in [4.69, 9.17) is 19.2 Å². The Morgan fingerprint density at radius 1 is 1.27 bits per heavy atom. The Morgan fingerprint density at radius 3 is 2.92 bits per heavy atom. The first-order valence-corrected chi connectivity index (χ1v) is 10.7. The molecule has 26 heavy (non-hydrogen) atoms. The minimum atomic E-state index is 0.393. The van der Waals surface area contributed by atoms with Gasteiger partial charge in [0.25, 0.3) is 0 Å². The second-order valence-electron chi connectivity index (χ2n) is 8.37. The summed E-state index contributed by atoms with van der Waals surface area (Å²) < 4.78 is 17.2. The Balaban J connectivity index is 1.21. The van der Waals surface area contributed by atoms with Crippen LogP contribution in [0.25, 0.3) is 0 Å². The molecule has 2 heterocycles. The normalized spacial score (nSPS) is 35.0. The number of guanidine groups is 1. The van der Waals surface area contributed by atoms with Crippen LogP contribution in [0, 0.1) is 17.3 Å². The van der Waals surface area contributed by atoms with Crippen molar-refractivity contribution in [3.05, 3.63) is 0 Å². The highest BCUT2D eigenvalue weighted by molar-refractivity contribution is 5.80. The fraction of sp³-hybridized carbons (Fsp3) is 0.950. The van der Waals surface area contributed by atoms with Gasteiger partial charge < -0.3 is 24.8 Å². The standard InChI is InChI=1S/C20H35N3O3/c1-2-21-19(22-9-4-10-24-13-15-5-11-25-14-15)23-17-16-6-12-26-18(16)20(17)7-3-8-20/h15-18H,2-14H2,1H3,(H2,21,22,23). The first-order chi connectivity index (χ1) is 12.8. The van der Waals surface area contributed by atoms with Gasteiger partial charge in [-0.1, -0.05) is 6.42 Å². The zero-order valence-electron chi connectivity index (χ0n) is 16.2. The summed E-state index contributed by atoms with van der Waals surface area (Å²) in [5, 5.41) is 7.18. The molecule has 1 spiro atoms. The molecule has 6 heteroatoms. The average molecular weight is 366 g/mol. The first kappa shape index (κ1) is 18.5. The van der Waals surface area contributed by atoms with Gasteiger partial charge in [-0.05, 0) is 39.0 Å². The van der Waals surface area contributed by atoms with Crippen molar-refractivity contribution in [3.8, 4) is 0 Å². The van der Waals surface area contributed by atoms with Crippen molar-refractivity contribution in [3.63, 3.8) is 0 Å². The van der Waals surface area contributed by atoms with Gasteiger partial charge in [0.2, 0.25) is 0 Å². The van der Waals surface area contributed by atoms with Crippen LogP contribution in [0.15, 0.2) is 4.99 Å². The van der Waals surface area contributed by atoms with Gasteiger partial charge in [-0.3, -0.25) is 4.99 Å². The zero-order chi connectivity index (χ0) is 17.8. The topological polar surface area (TPSA) is 64.1 Å². The molecule has 2 N–H and O–H groups in total. The van der Waals surface area contributed by atoms with E-state index in [2.05, 4.69) is 17.6 Å². The Morgan fingerprint density at radius 2 is 2.19 bits per heavy atom. The van der Waals surface area contributed by atoms with Crippen LogP contribution in [0.2, 0.25) is 0 Å². The number of fused-ring (bicyclic) bond motifs is 2. The van der Waals surface area contributed by atoms with Crippen LogP contribution in [-0.2, 0) is 14.2 Å². The van der Waals surface area contributed by atoms with E-state index in [1.807, 2.05) is 0 Å². The molecular weight excluding hydrogens is 330 g/mol. The molecule has 148 valence electrons. The van der Waals surface area contributed by atoms with E-state index in [0.29, 0.717) is 29.4 Å². The summed E-state index contributed by atoms with van der Waals surface area (Å²) in [5.74, 6) is 2.24. The molecule has 2 aliphatic heterocycles. The maximum absolute atomic E-state index is 6.02. The van der Waals surface area contributed by atoms with Crippen molar-refractivity contribution in [1.82, 2.24) is 10.6 Å². The third-order valence-corrected chi connectivity index (χ3v) is 6.77. The molecule has 4 rings (SSSR count). The van der Waals surface area contributed by atoms with Gasteiger partial charge in [0.05, 0.1) is 19.3 Å². The van der Waals surface area contributed by atoms with Crippen LogP contribution in [0.3, 0.4) is 0 Å². The Bertz CT molecular complexity index is 489. The molecule has 4 atom stereocenters. The van der Waals surface area contributed by atoms with Crippen LogP contribution in [-0.4, -0.2) is 64.2 Å². The molecule has 2 aliphatic carbocycles. The highest BCUT2D eigenvalue weighted by atomic mass is 16.5. The number of nitrogens with one attached hydrogen (secondary N) is 2. The number of hydrogen-bond donors (Lipinski definition) is 2. The van der Waals surface area contributed by atoms with Gasteiger partial charge in [0.1, 0.15) is 0 Å². The van der Waals surface area contributed by atoms with Gasteiger partial charge in [-0.25, -0.2) is 0 Å². The second kappa shape index (κ2) is 8.44. The molecule has 4 fully saturated rings. The summed E-state index contributed by atoms with van der Waals surface area (Å²) in [7, 11) is 0. The minimum absolute atomic E-state index is 0.393. The molecule has 0 aromatic rings. The lowest BCUT2D eigenvalue weighted by atomic mass is 9.46. The SMILES string of the molecule is CCNC(=NCCCOCC1CCOC1)NC1C2CCOC2C12CCC2. The highest BCUT2D eigenvalue weighted by Crippen LogP contribution is 2.62. The van der Waals surface area contributed by atoms with E-state index in [-0.39, 0.29) is 0 Å². The van der Waals surface area contributed by atoms with Crippen LogP contribution in [0.1, 0.15) is 45.4 Å². The lowest BCUT2D eigenvalue weighted by molar-refractivity contribution is -0.171. The number of nitrogens with zero attached hydrogens (tertiary/aromatic N) is 1. The molecule has 0 aromatic heterocycles.